The molecule has 2 rings (SSSR count). The van der Waals surface area contributed by atoms with Gasteiger partial charge in [0, 0.05) is 4.47 Å². The van der Waals surface area contributed by atoms with E-state index in [1.54, 1.807) is 0 Å². The van der Waals surface area contributed by atoms with E-state index < -0.39 is 0 Å². The first-order chi connectivity index (χ1) is 9.24. The Bertz CT molecular complexity index is 542. The predicted octanol–water partition coefficient (Wildman–Crippen LogP) is 4.16. The fourth-order valence-corrected chi connectivity index (χ4v) is 2.58. The number of hydrogen-bond donors (Lipinski definition) is 1. The normalized spacial score (nSPS) is 12.2. The molecule has 0 spiro atoms. The first-order valence-electron chi connectivity index (χ1n) is 6.40. The third-order valence-electron chi connectivity index (χ3n) is 2.97. The third kappa shape index (κ3) is 3.58. The Balaban J connectivity index is 2.33. The van der Waals surface area contributed by atoms with Gasteiger partial charge in [-0.3, -0.25) is 0 Å². The number of hydrogen-bond acceptors (Lipinski definition) is 2. The fourth-order valence-electron chi connectivity index (χ4n) is 2.16. The second-order valence-electron chi connectivity index (χ2n) is 4.28. The van der Waals surface area contributed by atoms with Crippen molar-refractivity contribution >= 4 is 15.9 Å². The summed E-state index contributed by atoms with van der Waals surface area (Å²) in [5.41, 5.74) is 2.43. The van der Waals surface area contributed by atoms with Crippen molar-refractivity contribution in [2.24, 2.45) is 0 Å². The third-order valence-corrected chi connectivity index (χ3v) is 3.47. The fraction of sp³-hybridized carbons (Fsp3) is 0.250. The van der Waals surface area contributed by atoms with E-state index in [2.05, 4.69) is 51.6 Å². The average molecular weight is 320 g/mol. The summed E-state index contributed by atoms with van der Waals surface area (Å²) in [6.45, 7) is 2.68. The molecular weight excluding hydrogens is 302 g/mol. The zero-order valence-corrected chi connectivity index (χ0v) is 12.8. The second kappa shape index (κ2) is 6.73. The number of halogens is 1. The molecule has 0 radical (unpaired) electrons. The van der Waals surface area contributed by atoms with E-state index in [0.717, 1.165) is 10.2 Å². The molecule has 100 valence electrons. The molecule has 0 aliphatic carbocycles. The molecule has 2 aromatic rings. The SMILES string of the molecule is CCOc1cccc(C(NC)c2cccc(Br)c2)c1. The lowest BCUT2D eigenvalue weighted by Gasteiger charge is -2.18. The minimum absolute atomic E-state index is 0.165. The van der Waals surface area contributed by atoms with E-state index in [1.807, 2.05) is 32.2 Å². The summed E-state index contributed by atoms with van der Waals surface area (Å²) in [5, 5.41) is 3.35. The smallest absolute Gasteiger partial charge is 0.119 e. The van der Waals surface area contributed by atoms with Gasteiger partial charge in [0.2, 0.25) is 0 Å². The summed E-state index contributed by atoms with van der Waals surface area (Å²) >= 11 is 3.52. The molecule has 3 heteroatoms. The number of ether oxygens (including phenoxy) is 1. The van der Waals surface area contributed by atoms with Crippen LogP contribution in [0.25, 0.3) is 0 Å². The first-order valence-corrected chi connectivity index (χ1v) is 7.19. The van der Waals surface area contributed by atoms with Gasteiger partial charge in [-0.05, 0) is 49.4 Å². The Hall–Kier alpha value is -1.32. The van der Waals surface area contributed by atoms with Gasteiger partial charge in [-0.2, -0.15) is 0 Å². The molecule has 1 atom stereocenters. The zero-order chi connectivity index (χ0) is 13.7. The van der Waals surface area contributed by atoms with E-state index >= 15 is 0 Å². The van der Waals surface area contributed by atoms with Gasteiger partial charge >= 0.3 is 0 Å². The number of nitrogens with one attached hydrogen (secondary N) is 1. The van der Waals surface area contributed by atoms with Crippen molar-refractivity contribution < 1.29 is 4.74 Å². The minimum atomic E-state index is 0.165. The molecule has 0 bridgehead atoms. The molecule has 0 aromatic heterocycles. The van der Waals surface area contributed by atoms with Crippen LogP contribution in [0, 0.1) is 0 Å². The minimum Gasteiger partial charge on any atom is -0.494 e. The summed E-state index contributed by atoms with van der Waals surface area (Å²) < 4.78 is 6.65. The average Bonchev–Trinajstić information content (AvgIpc) is 2.41. The van der Waals surface area contributed by atoms with Crippen LogP contribution in [-0.4, -0.2) is 13.7 Å². The van der Waals surface area contributed by atoms with E-state index in [1.165, 1.54) is 11.1 Å². The summed E-state index contributed by atoms with van der Waals surface area (Å²) in [7, 11) is 1.97. The Morgan fingerprint density at radius 1 is 1.11 bits per heavy atom. The van der Waals surface area contributed by atoms with Gasteiger partial charge in [-0.1, -0.05) is 40.2 Å². The molecule has 0 fully saturated rings. The molecule has 0 saturated carbocycles. The molecule has 1 unspecified atom stereocenters. The lowest BCUT2D eigenvalue weighted by Crippen LogP contribution is -2.17. The molecule has 0 saturated heterocycles. The van der Waals surface area contributed by atoms with Crippen molar-refractivity contribution in [3.8, 4) is 5.75 Å². The first kappa shape index (κ1) is 14.1. The highest BCUT2D eigenvalue weighted by Crippen LogP contribution is 2.26. The maximum Gasteiger partial charge on any atom is 0.119 e. The van der Waals surface area contributed by atoms with Gasteiger partial charge in [-0.25, -0.2) is 0 Å². The molecule has 0 aliphatic rings. The van der Waals surface area contributed by atoms with Crippen LogP contribution in [0.3, 0.4) is 0 Å². The van der Waals surface area contributed by atoms with Crippen LogP contribution in [0.5, 0.6) is 5.75 Å². The molecular formula is C16H18BrNO. The molecule has 0 heterocycles. The number of rotatable bonds is 5. The highest BCUT2D eigenvalue weighted by atomic mass is 79.9. The quantitative estimate of drug-likeness (QED) is 0.893. The van der Waals surface area contributed by atoms with Crippen molar-refractivity contribution in [2.45, 2.75) is 13.0 Å². The predicted molar refractivity (Wildman–Crippen MR) is 82.7 cm³/mol. The van der Waals surface area contributed by atoms with Crippen LogP contribution < -0.4 is 10.1 Å². The van der Waals surface area contributed by atoms with Gasteiger partial charge in [0.1, 0.15) is 5.75 Å². The van der Waals surface area contributed by atoms with Crippen LogP contribution >= 0.6 is 15.9 Å². The lowest BCUT2D eigenvalue weighted by atomic mass is 9.99. The van der Waals surface area contributed by atoms with Gasteiger partial charge in [-0.15, -0.1) is 0 Å². The Kier molecular flexibility index (Phi) is 5.00. The van der Waals surface area contributed by atoms with Gasteiger partial charge in [0.05, 0.1) is 12.6 Å². The Morgan fingerprint density at radius 3 is 2.42 bits per heavy atom. The largest absolute Gasteiger partial charge is 0.494 e. The van der Waals surface area contributed by atoms with Gasteiger partial charge in [0.15, 0.2) is 0 Å². The molecule has 2 nitrogen and oxygen atoms in total. The van der Waals surface area contributed by atoms with Crippen LogP contribution in [-0.2, 0) is 0 Å². The summed E-state index contributed by atoms with van der Waals surface area (Å²) in [4.78, 5) is 0. The Morgan fingerprint density at radius 2 is 1.79 bits per heavy atom. The molecule has 19 heavy (non-hydrogen) atoms. The van der Waals surface area contributed by atoms with Gasteiger partial charge in [0.25, 0.3) is 0 Å². The van der Waals surface area contributed by atoms with Crippen molar-refractivity contribution in [3.05, 3.63) is 64.1 Å². The monoisotopic (exact) mass is 319 g/mol. The highest BCUT2D eigenvalue weighted by Gasteiger charge is 2.12. The van der Waals surface area contributed by atoms with Crippen LogP contribution in [0.15, 0.2) is 53.0 Å². The van der Waals surface area contributed by atoms with E-state index in [-0.39, 0.29) is 6.04 Å². The number of benzene rings is 2. The second-order valence-corrected chi connectivity index (χ2v) is 5.20. The molecule has 0 amide bonds. The van der Waals surface area contributed by atoms with Crippen molar-refractivity contribution in [1.82, 2.24) is 5.32 Å². The standard InChI is InChI=1S/C16H18BrNO/c1-3-19-15-9-5-7-13(11-15)16(18-2)12-6-4-8-14(17)10-12/h4-11,16,18H,3H2,1-2H3. The maximum absolute atomic E-state index is 5.56. The lowest BCUT2D eigenvalue weighted by molar-refractivity contribution is 0.339. The summed E-state index contributed by atoms with van der Waals surface area (Å²) in [6, 6.07) is 16.7. The van der Waals surface area contributed by atoms with Crippen molar-refractivity contribution in [3.63, 3.8) is 0 Å². The maximum atomic E-state index is 5.56. The Labute approximate surface area is 122 Å². The topological polar surface area (TPSA) is 21.3 Å². The molecule has 2 aromatic carbocycles. The van der Waals surface area contributed by atoms with E-state index in [9.17, 15) is 0 Å². The molecule has 1 N–H and O–H groups in total. The molecule has 0 aliphatic heterocycles. The van der Waals surface area contributed by atoms with Crippen LogP contribution in [0.1, 0.15) is 24.1 Å². The van der Waals surface area contributed by atoms with Crippen LogP contribution in [0.2, 0.25) is 0 Å². The highest BCUT2D eigenvalue weighted by molar-refractivity contribution is 9.10. The van der Waals surface area contributed by atoms with Crippen molar-refractivity contribution in [2.75, 3.05) is 13.7 Å². The van der Waals surface area contributed by atoms with Crippen LogP contribution in [0.4, 0.5) is 0 Å². The summed E-state index contributed by atoms with van der Waals surface area (Å²) in [6.07, 6.45) is 0. The van der Waals surface area contributed by atoms with E-state index in [0.29, 0.717) is 6.61 Å². The zero-order valence-electron chi connectivity index (χ0n) is 11.2. The van der Waals surface area contributed by atoms with Gasteiger partial charge < -0.3 is 10.1 Å². The summed E-state index contributed by atoms with van der Waals surface area (Å²) in [5.74, 6) is 0.912. The van der Waals surface area contributed by atoms with Crippen molar-refractivity contribution in [1.29, 1.82) is 0 Å². The van der Waals surface area contributed by atoms with E-state index in [4.69, 9.17) is 4.74 Å².